The first-order chi connectivity index (χ1) is 11.7. The highest BCUT2D eigenvalue weighted by atomic mass is 16.5. The fourth-order valence-corrected chi connectivity index (χ4v) is 3.29. The van der Waals surface area contributed by atoms with E-state index in [1.165, 1.54) is 12.8 Å². The molecule has 1 aromatic rings. The third kappa shape index (κ3) is 4.30. The number of aliphatic imine (C=N–C) groups is 1. The van der Waals surface area contributed by atoms with E-state index in [9.17, 15) is 0 Å². The molecule has 1 atom stereocenters. The number of hydrogen-bond donors (Lipinski definition) is 2. The molecule has 2 aliphatic rings. The molecule has 0 saturated carbocycles. The Morgan fingerprint density at radius 3 is 2.71 bits per heavy atom. The van der Waals surface area contributed by atoms with E-state index >= 15 is 0 Å². The number of guanidine groups is 1. The molecule has 0 bridgehead atoms. The zero-order chi connectivity index (χ0) is 16.8. The highest BCUT2D eigenvalue weighted by Crippen LogP contribution is 2.27. The molecule has 0 amide bonds. The van der Waals surface area contributed by atoms with Gasteiger partial charge in [-0.25, -0.2) is 0 Å². The van der Waals surface area contributed by atoms with Crippen molar-refractivity contribution in [3.63, 3.8) is 0 Å². The van der Waals surface area contributed by atoms with Crippen LogP contribution in [-0.2, 0) is 4.74 Å². The van der Waals surface area contributed by atoms with Gasteiger partial charge in [0.2, 0.25) is 0 Å². The molecule has 0 spiro atoms. The molecule has 2 saturated heterocycles. The van der Waals surface area contributed by atoms with Crippen LogP contribution in [0, 0.1) is 5.41 Å². The van der Waals surface area contributed by atoms with Gasteiger partial charge in [0.1, 0.15) is 5.76 Å². The number of likely N-dealkylation sites (tertiary alicyclic amines) is 1. The molecule has 2 aliphatic heterocycles. The van der Waals surface area contributed by atoms with E-state index < -0.39 is 0 Å². The number of ether oxygens (including phenoxy) is 1. The quantitative estimate of drug-likeness (QED) is 0.590. The van der Waals surface area contributed by atoms with Crippen LogP contribution in [0.5, 0.6) is 0 Å². The van der Waals surface area contributed by atoms with Crippen LogP contribution in [-0.4, -0.2) is 56.8 Å². The first-order valence-electron chi connectivity index (χ1n) is 9.07. The van der Waals surface area contributed by atoms with Gasteiger partial charge >= 0.3 is 0 Å². The van der Waals surface area contributed by atoms with Crippen molar-refractivity contribution in [2.24, 2.45) is 10.4 Å². The summed E-state index contributed by atoms with van der Waals surface area (Å²) in [5.74, 6) is 1.90. The molecule has 3 heterocycles. The molecule has 6 heteroatoms. The lowest BCUT2D eigenvalue weighted by Crippen LogP contribution is -2.45. The molecule has 0 aliphatic carbocycles. The predicted octanol–water partition coefficient (Wildman–Crippen LogP) is 2.01. The summed E-state index contributed by atoms with van der Waals surface area (Å²) in [5, 5.41) is 6.85. The number of rotatable bonds is 7. The molecular weight excluding hydrogens is 304 g/mol. The third-order valence-electron chi connectivity index (χ3n) is 4.78. The second kappa shape index (κ2) is 8.03. The third-order valence-corrected chi connectivity index (χ3v) is 4.78. The highest BCUT2D eigenvalue weighted by molar-refractivity contribution is 5.79. The Hall–Kier alpha value is -1.53. The van der Waals surface area contributed by atoms with Crippen LogP contribution in [0.1, 0.15) is 38.5 Å². The monoisotopic (exact) mass is 334 g/mol. The van der Waals surface area contributed by atoms with Crippen molar-refractivity contribution in [3.05, 3.63) is 24.2 Å². The van der Waals surface area contributed by atoms with Gasteiger partial charge in [0, 0.05) is 18.5 Å². The van der Waals surface area contributed by atoms with Gasteiger partial charge < -0.3 is 19.8 Å². The fourth-order valence-electron chi connectivity index (χ4n) is 3.29. The van der Waals surface area contributed by atoms with E-state index in [0.717, 1.165) is 57.7 Å². The summed E-state index contributed by atoms with van der Waals surface area (Å²) in [6, 6.07) is 4.30. The van der Waals surface area contributed by atoms with Gasteiger partial charge in [0.05, 0.1) is 32.1 Å². The largest absolute Gasteiger partial charge is 0.468 e. The van der Waals surface area contributed by atoms with Crippen molar-refractivity contribution in [1.82, 2.24) is 15.5 Å². The molecule has 134 valence electrons. The van der Waals surface area contributed by atoms with Crippen LogP contribution in [0.25, 0.3) is 0 Å². The van der Waals surface area contributed by atoms with Crippen molar-refractivity contribution in [1.29, 1.82) is 0 Å². The molecule has 3 rings (SSSR count). The van der Waals surface area contributed by atoms with Gasteiger partial charge in [-0.3, -0.25) is 9.89 Å². The maximum atomic E-state index is 5.68. The smallest absolute Gasteiger partial charge is 0.191 e. The molecule has 2 fully saturated rings. The van der Waals surface area contributed by atoms with Crippen LogP contribution in [0.3, 0.4) is 0 Å². The predicted molar refractivity (Wildman–Crippen MR) is 95.2 cm³/mol. The SMILES string of the molecule is CCNC(=NCC1(C)COC1)NCC(c1ccco1)N1CCCC1. The van der Waals surface area contributed by atoms with Gasteiger partial charge in [0.15, 0.2) is 5.96 Å². The molecule has 1 aromatic heterocycles. The van der Waals surface area contributed by atoms with Crippen molar-refractivity contribution in [2.45, 2.75) is 32.7 Å². The van der Waals surface area contributed by atoms with Crippen LogP contribution < -0.4 is 10.6 Å². The van der Waals surface area contributed by atoms with Crippen LogP contribution >= 0.6 is 0 Å². The van der Waals surface area contributed by atoms with Crippen LogP contribution in [0.2, 0.25) is 0 Å². The minimum Gasteiger partial charge on any atom is -0.468 e. The van der Waals surface area contributed by atoms with E-state index in [1.807, 2.05) is 6.07 Å². The van der Waals surface area contributed by atoms with Crippen molar-refractivity contribution in [2.75, 3.05) is 45.9 Å². The average molecular weight is 334 g/mol. The lowest BCUT2D eigenvalue weighted by Gasteiger charge is -2.36. The highest BCUT2D eigenvalue weighted by Gasteiger charge is 2.33. The van der Waals surface area contributed by atoms with Crippen molar-refractivity contribution >= 4 is 5.96 Å². The van der Waals surface area contributed by atoms with Gasteiger partial charge in [-0.2, -0.15) is 0 Å². The number of hydrogen-bond acceptors (Lipinski definition) is 4. The van der Waals surface area contributed by atoms with E-state index in [0.29, 0.717) is 0 Å². The van der Waals surface area contributed by atoms with E-state index in [1.54, 1.807) is 6.26 Å². The number of furan rings is 1. The van der Waals surface area contributed by atoms with Crippen LogP contribution in [0.4, 0.5) is 0 Å². The summed E-state index contributed by atoms with van der Waals surface area (Å²) in [6.07, 6.45) is 4.29. The summed E-state index contributed by atoms with van der Waals surface area (Å²) < 4.78 is 11.0. The molecule has 0 radical (unpaired) electrons. The number of nitrogens with zero attached hydrogens (tertiary/aromatic N) is 2. The van der Waals surface area contributed by atoms with Gasteiger partial charge in [-0.1, -0.05) is 6.92 Å². The Labute approximate surface area is 144 Å². The van der Waals surface area contributed by atoms with E-state index in [2.05, 4.69) is 35.4 Å². The minimum absolute atomic E-state index is 0.192. The van der Waals surface area contributed by atoms with Gasteiger partial charge in [0.25, 0.3) is 0 Å². The Bertz CT molecular complexity index is 519. The summed E-state index contributed by atoms with van der Waals surface area (Å²) in [7, 11) is 0. The average Bonchev–Trinajstić information content (AvgIpc) is 3.25. The minimum atomic E-state index is 0.192. The molecular formula is C18H30N4O2. The molecule has 1 unspecified atom stereocenters. The first-order valence-corrected chi connectivity index (χ1v) is 9.07. The number of nitrogens with one attached hydrogen (secondary N) is 2. The lowest BCUT2D eigenvalue weighted by atomic mass is 9.89. The standard InChI is InChI=1S/C18H30N4O2/c1-3-19-17(21-12-18(2)13-23-14-18)20-11-15(16-7-6-10-24-16)22-8-4-5-9-22/h6-7,10,15H,3-5,8-9,11-14H2,1-2H3,(H2,19,20,21). The molecule has 0 aromatic carbocycles. The normalized spacial score (nSPS) is 22.2. The maximum Gasteiger partial charge on any atom is 0.191 e. The first kappa shape index (κ1) is 17.3. The van der Waals surface area contributed by atoms with Gasteiger partial charge in [-0.05, 0) is 45.0 Å². The summed E-state index contributed by atoms with van der Waals surface area (Å²) in [5.41, 5.74) is 0.192. The van der Waals surface area contributed by atoms with Crippen LogP contribution in [0.15, 0.2) is 27.8 Å². The fraction of sp³-hybridized carbons (Fsp3) is 0.722. The zero-order valence-electron chi connectivity index (χ0n) is 14.9. The Balaban J connectivity index is 1.61. The summed E-state index contributed by atoms with van der Waals surface area (Å²) in [6.45, 7) is 10.6. The Kier molecular flexibility index (Phi) is 5.79. The Morgan fingerprint density at radius 2 is 2.12 bits per heavy atom. The summed E-state index contributed by atoms with van der Waals surface area (Å²) in [4.78, 5) is 7.25. The Morgan fingerprint density at radius 1 is 1.33 bits per heavy atom. The maximum absolute atomic E-state index is 5.68. The van der Waals surface area contributed by atoms with E-state index in [4.69, 9.17) is 14.1 Å². The second-order valence-corrected chi connectivity index (χ2v) is 7.15. The second-order valence-electron chi connectivity index (χ2n) is 7.15. The van der Waals surface area contributed by atoms with Gasteiger partial charge in [-0.15, -0.1) is 0 Å². The summed E-state index contributed by atoms with van der Waals surface area (Å²) >= 11 is 0. The topological polar surface area (TPSA) is 62.0 Å². The molecule has 24 heavy (non-hydrogen) atoms. The molecule has 2 N–H and O–H groups in total. The van der Waals surface area contributed by atoms with Crippen molar-refractivity contribution in [3.8, 4) is 0 Å². The van der Waals surface area contributed by atoms with Crippen molar-refractivity contribution < 1.29 is 9.15 Å². The lowest BCUT2D eigenvalue weighted by molar-refractivity contribution is -0.0945. The molecule has 6 nitrogen and oxygen atoms in total. The van der Waals surface area contributed by atoms with E-state index in [-0.39, 0.29) is 11.5 Å². The zero-order valence-corrected chi connectivity index (χ0v) is 14.9.